The third kappa shape index (κ3) is 5.42. The monoisotopic (exact) mass is 717 g/mol. The van der Waals surface area contributed by atoms with Gasteiger partial charge in [0, 0.05) is 44.1 Å². The highest BCUT2D eigenvalue weighted by Crippen LogP contribution is 2.38. The van der Waals surface area contributed by atoms with Crippen molar-refractivity contribution in [3.05, 3.63) is 217 Å². The number of hydrogen-bond donors (Lipinski definition) is 1. The van der Waals surface area contributed by atoms with Gasteiger partial charge in [0.25, 0.3) is 0 Å². The van der Waals surface area contributed by atoms with E-state index in [9.17, 15) is 0 Å². The van der Waals surface area contributed by atoms with Crippen molar-refractivity contribution < 1.29 is 4.42 Å². The summed E-state index contributed by atoms with van der Waals surface area (Å²) in [6, 6.07) is 68.8. The largest absolute Gasteiger partial charge is 0.456 e. The van der Waals surface area contributed by atoms with Gasteiger partial charge in [-0.25, -0.2) is 0 Å². The van der Waals surface area contributed by atoms with E-state index < -0.39 is 0 Å². The van der Waals surface area contributed by atoms with Crippen LogP contribution >= 0.6 is 0 Å². The molecule has 1 N–H and O–H groups in total. The Morgan fingerprint density at radius 2 is 1.07 bits per heavy atom. The van der Waals surface area contributed by atoms with Gasteiger partial charge in [0.2, 0.25) is 0 Å². The molecular formula is C52H35N3O. The number of fused-ring (bicyclic) bond motifs is 6. The normalized spacial score (nSPS) is 14.2. The first kappa shape index (κ1) is 32.0. The van der Waals surface area contributed by atoms with E-state index >= 15 is 0 Å². The molecule has 0 spiro atoms. The highest BCUT2D eigenvalue weighted by Gasteiger charge is 2.23. The Kier molecular flexibility index (Phi) is 7.52. The zero-order chi connectivity index (χ0) is 37.0. The molecule has 0 radical (unpaired) electrons. The van der Waals surface area contributed by atoms with E-state index in [0.717, 1.165) is 72.3 Å². The first-order valence-electron chi connectivity index (χ1n) is 19.1. The number of furan rings is 1. The van der Waals surface area contributed by atoms with Crippen molar-refractivity contribution in [1.82, 2.24) is 9.88 Å². The van der Waals surface area contributed by atoms with E-state index in [4.69, 9.17) is 9.41 Å². The molecule has 1 atom stereocenters. The summed E-state index contributed by atoms with van der Waals surface area (Å²) in [5.41, 5.74) is 15.1. The van der Waals surface area contributed by atoms with Crippen LogP contribution in [0.3, 0.4) is 0 Å². The standard InChI is InChI=1S/C52H35N3O/c1-3-13-34(14-4-1)35-23-25-37(26-24-35)46-33-47(54-52(53-46)44-20-8-7-17-40(44)36-15-5-2-6-16-36)38-27-29-42-41-18-9-11-21-48(41)55(49(42)31-38)39-28-30-51-45(32-39)43-19-10-12-22-50(43)56-51/h1-33,52-53H. The van der Waals surface area contributed by atoms with Gasteiger partial charge >= 0.3 is 0 Å². The number of nitrogens with one attached hydrogen (secondary N) is 1. The predicted molar refractivity (Wildman–Crippen MR) is 232 cm³/mol. The van der Waals surface area contributed by atoms with Crippen LogP contribution in [0.4, 0.5) is 0 Å². The number of rotatable bonds is 6. The summed E-state index contributed by atoms with van der Waals surface area (Å²) in [7, 11) is 0. The smallest absolute Gasteiger partial charge is 0.146 e. The molecule has 3 heterocycles. The first-order chi connectivity index (χ1) is 27.7. The van der Waals surface area contributed by atoms with Gasteiger partial charge in [0.1, 0.15) is 17.3 Å². The zero-order valence-corrected chi connectivity index (χ0v) is 30.4. The minimum absolute atomic E-state index is 0.312. The number of aromatic nitrogens is 1. The lowest BCUT2D eigenvalue weighted by molar-refractivity contribution is 0.665. The average Bonchev–Trinajstić information content (AvgIpc) is 3.82. The second kappa shape index (κ2) is 13.2. The molecule has 0 bridgehead atoms. The van der Waals surface area contributed by atoms with Gasteiger partial charge in [-0.1, -0.05) is 158 Å². The summed E-state index contributed by atoms with van der Waals surface area (Å²) in [4.78, 5) is 5.49. The molecule has 4 nitrogen and oxygen atoms in total. The van der Waals surface area contributed by atoms with Gasteiger partial charge < -0.3 is 14.3 Å². The van der Waals surface area contributed by atoms with Crippen LogP contribution in [-0.4, -0.2) is 10.3 Å². The summed E-state index contributed by atoms with van der Waals surface area (Å²) < 4.78 is 8.60. The van der Waals surface area contributed by atoms with E-state index in [-0.39, 0.29) is 6.17 Å². The maximum atomic E-state index is 6.22. The molecule has 1 aliphatic rings. The third-order valence-corrected chi connectivity index (χ3v) is 11.1. The molecule has 0 saturated carbocycles. The number of hydrogen-bond acceptors (Lipinski definition) is 3. The lowest BCUT2D eigenvalue weighted by Gasteiger charge is -2.26. The molecule has 0 saturated heterocycles. The van der Waals surface area contributed by atoms with Crippen LogP contribution in [0, 0.1) is 0 Å². The Morgan fingerprint density at radius 3 is 1.91 bits per heavy atom. The van der Waals surface area contributed by atoms with Crippen LogP contribution in [0.1, 0.15) is 22.9 Å². The van der Waals surface area contributed by atoms with Crippen molar-refractivity contribution >= 4 is 55.2 Å². The van der Waals surface area contributed by atoms with Gasteiger partial charge in [-0.2, -0.15) is 0 Å². The summed E-state index contributed by atoms with van der Waals surface area (Å²) in [6.07, 6.45) is 1.89. The average molecular weight is 718 g/mol. The topological polar surface area (TPSA) is 42.5 Å². The molecule has 0 amide bonds. The lowest BCUT2D eigenvalue weighted by Crippen LogP contribution is -2.25. The molecule has 11 rings (SSSR count). The number of para-hydroxylation sites is 2. The fourth-order valence-electron chi connectivity index (χ4n) is 8.36. The highest BCUT2D eigenvalue weighted by molar-refractivity contribution is 6.17. The fraction of sp³-hybridized carbons (Fsp3) is 0.0192. The Labute approximate surface area is 324 Å². The SMILES string of the molecule is C1=C(c2ccc(-c3ccccc3)cc2)NC(c2ccccc2-c2ccccc2)N=C1c1ccc2c3ccccc3n(-c3ccc4oc5ccccc5c4c3)c2c1. The van der Waals surface area contributed by atoms with Gasteiger partial charge in [-0.05, 0) is 70.3 Å². The maximum Gasteiger partial charge on any atom is 0.146 e. The molecule has 2 aromatic heterocycles. The van der Waals surface area contributed by atoms with E-state index in [0.29, 0.717) is 0 Å². The first-order valence-corrected chi connectivity index (χ1v) is 19.1. The Bertz CT molecular complexity index is 3150. The van der Waals surface area contributed by atoms with Gasteiger partial charge in [-0.15, -0.1) is 0 Å². The second-order valence-electron chi connectivity index (χ2n) is 14.4. The van der Waals surface area contributed by atoms with E-state index in [1.807, 2.05) is 12.1 Å². The van der Waals surface area contributed by atoms with Crippen LogP contribution in [0.2, 0.25) is 0 Å². The molecule has 1 unspecified atom stereocenters. The number of benzene rings is 8. The predicted octanol–water partition coefficient (Wildman–Crippen LogP) is 13.1. The Balaban J connectivity index is 1.09. The maximum absolute atomic E-state index is 6.22. The van der Waals surface area contributed by atoms with E-state index in [1.54, 1.807) is 0 Å². The Hall–Kier alpha value is -7.43. The van der Waals surface area contributed by atoms with Crippen molar-refractivity contribution in [2.24, 2.45) is 4.99 Å². The molecule has 0 fully saturated rings. The van der Waals surface area contributed by atoms with Crippen LogP contribution in [-0.2, 0) is 0 Å². The number of aliphatic imine (C=N–C) groups is 1. The minimum Gasteiger partial charge on any atom is -0.456 e. The van der Waals surface area contributed by atoms with Crippen LogP contribution in [0.25, 0.3) is 77.4 Å². The molecular weight excluding hydrogens is 683 g/mol. The van der Waals surface area contributed by atoms with Crippen molar-refractivity contribution in [3.8, 4) is 27.9 Å². The quantitative estimate of drug-likeness (QED) is 0.186. The van der Waals surface area contributed by atoms with Gasteiger partial charge in [0.15, 0.2) is 0 Å². The molecule has 10 aromatic rings. The second-order valence-corrected chi connectivity index (χ2v) is 14.4. The highest BCUT2D eigenvalue weighted by atomic mass is 16.3. The molecule has 1 aliphatic heterocycles. The molecule has 264 valence electrons. The Morgan fingerprint density at radius 1 is 0.446 bits per heavy atom. The van der Waals surface area contributed by atoms with Gasteiger partial charge in [0.05, 0.1) is 16.7 Å². The van der Waals surface area contributed by atoms with Crippen LogP contribution in [0.5, 0.6) is 0 Å². The van der Waals surface area contributed by atoms with Gasteiger partial charge in [-0.3, -0.25) is 4.99 Å². The zero-order valence-electron chi connectivity index (χ0n) is 30.4. The van der Waals surface area contributed by atoms with Crippen molar-refractivity contribution in [2.45, 2.75) is 6.17 Å². The number of allylic oxidation sites excluding steroid dienone is 1. The van der Waals surface area contributed by atoms with Crippen molar-refractivity contribution in [3.63, 3.8) is 0 Å². The van der Waals surface area contributed by atoms with Crippen molar-refractivity contribution in [2.75, 3.05) is 0 Å². The molecule has 8 aromatic carbocycles. The third-order valence-electron chi connectivity index (χ3n) is 11.1. The number of nitrogens with zero attached hydrogens (tertiary/aromatic N) is 2. The molecule has 56 heavy (non-hydrogen) atoms. The van der Waals surface area contributed by atoms with Crippen LogP contribution in [0.15, 0.2) is 210 Å². The van der Waals surface area contributed by atoms with Crippen molar-refractivity contribution in [1.29, 1.82) is 0 Å². The molecule has 0 aliphatic carbocycles. The van der Waals surface area contributed by atoms with Crippen LogP contribution < -0.4 is 5.32 Å². The summed E-state index contributed by atoms with van der Waals surface area (Å²) in [5.74, 6) is 0. The minimum atomic E-state index is -0.312. The summed E-state index contributed by atoms with van der Waals surface area (Å²) >= 11 is 0. The van der Waals surface area contributed by atoms with E-state index in [2.05, 4.69) is 198 Å². The fourth-order valence-corrected chi connectivity index (χ4v) is 8.36. The van der Waals surface area contributed by atoms with E-state index in [1.165, 1.54) is 27.5 Å². The lowest BCUT2D eigenvalue weighted by atomic mass is 9.95. The molecule has 4 heteroatoms. The summed E-state index contributed by atoms with van der Waals surface area (Å²) in [5, 5.41) is 8.47. The summed E-state index contributed by atoms with van der Waals surface area (Å²) in [6.45, 7) is 0.